The summed E-state index contributed by atoms with van der Waals surface area (Å²) in [5.74, 6) is 1.85. The highest BCUT2D eigenvalue weighted by molar-refractivity contribution is 5.43. The molecule has 0 aliphatic carbocycles. The summed E-state index contributed by atoms with van der Waals surface area (Å²) in [6.45, 7) is 9.25. The molecular weight excluding hydrogens is 300 g/mol. The summed E-state index contributed by atoms with van der Waals surface area (Å²) in [7, 11) is 1.81. The van der Waals surface area contributed by atoms with Crippen molar-refractivity contribution >= 4 is 0 Å². The second-order valence-corrected chi connectivity index (χ2v) is 7.12. The Hall–Kier alpha value is -1.48. The zero-order valence-corrected chi connectivity index (χ0v) is 15.9. The van der Waals surface area contributed by atoms with Gasteiger partial charge in [-0.1, -0.05) is 18.6 Å². The molecule has 3 heteroatoms. The Morgan fingerprint density at radius 2 is 2.21 bits per heavy atom. The van der Waals surface area contributed by atoms with Crippen molar-refractivity contribution in [3.05, 3.63) is 35.4 Å². The molecule has 0 bridgehead atoms. The molecule has 0 saturated heterocycles. The molecule has 0 aromatic heterocycles. The Labute approximate surface area is 147 Å². The third-order valence-corrected chi connectivity index (χ3v) is 5.07. The highest BCUT2D eigenvalue weighted by atomic mass is 16.5. The first-order valence-corrected chi connectivity index (χ1v) is 9.09. The van der Waals surface area contributed by atoms with Crippen LogP contribution in [0.1, 0.15) is 58.9 Å². The van der Waals surface area contributed by atoms with Crippen LogP contribution >= 0.6 is 0 Å². The average molecular weight is 332 g/mol. The summed E-state index contributed by atoms with van der Waals surface area (Å²) in [5.41, 5.74) is 2.66. The normalized spacial score (nSPS) is 19.5. The van der Waals surface area contributed by atoms with Gasteiger partial charge in [0.15, 0.2) is 0 Å². The zero-order valence-electron chi connectivity index (χ0n) is 15.9. The molecule has 1 heterocycles. The van der Waals surface area contributed by atoms with E-state index in [2.05, 4.69) is 39.8 Å². The second kappa shape index (κ2) is 8.57. The topological polar surface area (TPSA) is 27.7 Å². The van der Waals surface area contributed by atoms with Crippen LogP contribution in [0.15, 0.2) is 29.8 Å². The molecule has 0 N–H and O–H groups in total. The Balaban J connectivity index is 1.74. The molecule has 0 radical (unpaired) electrons. The predicted octanol–water partition coefficient (Wildman–Crippen LogP) is 5.32. The summed E-state index contributed by atoms with van der Waals surface area (Å²) >= 11 is 0. The quantitative estimate of drug-likeness (QED) is 0.573. The fraction of sp³-hybridized carbons (Fsp3) is 0.619. The van der Waals surface area contributed by atoms with Crippen LogP contribution in [0.3, 0.4) is 0 Å². The molecule has 0 saturated carbocycles. The maximum atomic E-state index is 5.85. The molecule has 1 aromatic carbocycles. The fourth-order valence-electron chi connectivity index (χ4n) is 3.02. The van der Waals surface area contributed by atoms with Crippen LogP contribution in [0.25, 0.3) is 0 Å². The van der Waals surface area contributed by atoms with Crippen LogP contribution in [0, 0.1) is 0 Å². The van der Waals surface area contributed by atoms with Gasteiger partial charge in [-0.05, 0) is 64.2 Å². The first kappa shape index (κ1) is 18.9. The maximum absolute atomic E-state index is 5.85. The summed E-state index contributed by atoms with van der Waals surface area (Å²) in [6.07, 6.45) is 7.82. The monoisotopic (exact) mass is 332 g/mol. The van der Waals surface area contributed by atoms with E-state index in [0.717, 1.165) is 43.6 Å². The number of methoxy groups -OCH3 is 1. The summed E-state index contributed by atoms with van der Waals surface area (Å²) in [5, 5.41) is 0. The second-order valence-electron chi connectivity index (χ2n) is 7.12. The molecule has 2 atom stereocenters. The number of hydrogen-bond acceptors (Lipinski definition) is 3. The Morgan fingerprint density at radius 1 is 1.42 bits per heavy atom. The van der Waals surface area contributed by atoms with Gasteiger partial charge in [-0.15, -0.1) is 0 Å². The minimum atomic E-state index is 0.0122. The van der Waals surface area contributed by atoms with E-state index in [1.54, 1.807) is 7.11 Å². The molecule has 3 nitrogen and oxygen atoms in total. The van der Waals surface area contributed by atoms with Gasteiger partial charge in [-0.25, -0.2) is 0 Å². The van der Waals surface area contributed by atoms with Crippen molar-refractivity contribution in [2.45, 2.75) is 71.5 Å². The molecule has 0 fully saturated rings. The standard InChI is InChI=1S/C21H32O3/c1-6-21(4,22-5)12-7-8-16(2)11-13-23-19-10-9-18-14-17(3)24-20(18)15-19/h9-11,15,17H,6-8,12-14H2,1-5H3/b16-11+. The van der Waals surface area contributed by atoms with Crippen molar-refractivity contribution in [2.75, 3.05) is 13.7 Å². The fourth-order valence-corrected chi connectivity index (χ4v) is 3.02. The SMILES string of the molecule is CCC(C)(CCC/C(C)=C/COc1ccc2c(c1)OC(C)C2)OC. The lowest BCUT2D eigenvalue weighted by molar-refractivity contribution is -0.00563. The smallest absolute Gasteiger partial charge is 0.126 e. The van der Waals surface area contributed by atoms with E-state index in [4.69, 9.17) is 14.2 Å². The zero-order chi connectivity index (χ0) is 17.6. The first-order chi connectivity index (χ1) is 11.5. The van der Waals surface area contributed by atoms with Crippen LogP contribution < -0.4 is 9.47 Å². The first-order valence-electron chi connectivity index (χ1n) is 9.09. The van der Waals surface area contributed by atoms with E-state index in [1.165, 1.54) is 11.1 Å². The van der Waals surface area contributed by atoms with Gasteiger partial charge in [0.25, 0.3) is 0 Å². The molecule has 0 amide bonds. The van der Waals surface area contributed by atoms with Crippen LogP contribution in [-0.2, 0) is 11.2 Å². The van der Waals surface area contributed by atoms with Crippen molar-refractivity contribution in [3.8, 4) is 11.5 Å². The van der Waals surface area contributed by atoms with Crippen LogP contribution in [0.5, 0.6) is 11.5 Å². The lowest BCUT2D eigenvalue weighted by Gasteiger charge is -2.26. The lowest BCUT2D eigenvalue weighted by Crippen LogP contribution is -2.25. The number of fused-ring (bicyclic) bond motifs is 1. The summed E-state index contributed by atoms with van der Waals surface area (Å²) in [4.78, 5) is 0. The van der Waals surface area contributed by atoms with Crippen molar-refractivity contribution in [3.63, 3.8) is 0 Å². The molecule has 2 rings (SSSR count). The molecule has 134 valence electrons. The van der Waals surface area contributed by atoms with Gasteiger partial charge in [0.2, 0.25) is 0 Å². The predicted molar refractivity (Wildman–Crippen MR) is 99.0 cm³/mol. The van der Waals surface area contributed by atoms with Gasteiger partial charge in [-0.2, -0.15) is 0 Å². The number of hydrogen-bond donors (Lipinski definition) is 0. The lowest BCUT2D eigenvalue weighted by atomic mass is 9.94. The molecule has 1 aliphatic heterocycles. The van der Waals surface area contributed by atoms with E-state index >= 15 is 0 Å². The summed E-state index contributed by atoms with van der Waals surface area (Å²) in [6, 6.07) is 6.16. The number of rotatable bonds is 9. The van der Waals surface area contributed by atoms with E-state index in [9.17, 15) is 0 Å². The number of benzene rings is 1. The molecule has 0 spiro atoms. The average Bonchev–Trinajstić information content (AvgIpc) is 2.94. The van der Waals surface area contributed by atoms with Gasteiger partial charge < -0.3 is 14.2 Å². The third kappa shape index (κ3) is 5.27. The summed E-state index contributed by atoms with van der Waals surface area (Å²) < 4.78 is 17.2. The minimum Gasteiger partial charge on any atom is -0.490 e. The number of ether oxygens (including phenoxy) is 3. The van der Waals surface area contributed by atoms with E-state index in [1.807, 2.05) is 12.1 Å². The van der Waals surface area contributed by atoms with Gasteiger partial charge >= 0.3 is 0 Å². The minimum absolute atomic E-state index is 0.0122. The molecule has 1 aromatic rings. The maximum Gasteiger partial charge on any atom is 0.126 e. The molecule has 1 aliphatic rings. The Bertz CT molecular complexity index is 558. The van der Waals surface area contributed by atoms with Crippen molar-refractivity contribution < 1.29 is 14.2 Å². The Morgan fingerprint density at radius 3 is 2.92 bits per heavy atom. The van der Waals surface area contributed by atoms with Crippen molar-refractivity contribution in [1.29, 1.82) is 0 Å². The molecular formula is C21H32O3. The largest absolute Gasteiger partial charge is 0.490 e. The van der Waals surface area contributed by atoms with Gasteiger partial charge in [-0.3, -0.25) is 0 Å². The van der Waals surface area contributed by atoms with E-state index in [-0.39, 0.29) is 11.7 Å². The number of allylic oxidation sites excluding steroid dienone is 1. The van der Waals surface area contributed by atoms with Gasteiger partial charge in [0.1, 0.15) is 24.2 Å². The van der Waals surface area contributed by atoms with Gasteiger partial charge in [0, 0.05) is 19.6 Å². The third-order valence-electron chi connectivity index (χ3n) is 5.07. The van der Waals surface area contributed by atoms with Crippen molar-refractivity contribution in [1.82, 2.24) is 0 Å². The van der Waals surface area contributed by atoms with Crippen molar-refractivity contribution in [2.24, 2.45) is 0 Å². The molecule has 24 heavy (non-hydrogen) atoms. The molecule has 2 unspecified atom stereocenters. The highest BCUT2D eigenvalue weighted by Crippen LogP contribution is 2.32. The van der Waals surface area contributed by atoms with E-state index in [0.29, 0.717) is 6.61 Å². The van der Waals surface area contributed by atoms with Crippen LogP contribution in [0.2, 0.25) is 0 Å². The van der Waals surface area contributed by atoms with Gasteiger partial charge in [0.05, 0.1) is 5.60 Å². The highest BCUT2D eigenvalue weighted by Gasteiger charge is 2.20. The Kier molecular flexibility index (Phi) is 6.73. The van der Waals surface area contributed by atoms with E-state index < -0.39 is 0 Å². The van der Waals surface area contributed by atoms with Crippen LogP contribution in [0.4, 0.5) is 0 Å². The van der Waals surface area contributed by atoms with Crippen LogP contribution in [-0.4, -0.2) is 25.4 Å².